The van der Waals surface area contributed by atoms with E-state index in [1.165, 1.54) is 19.3 Å². The second-order valence-electron chi connectivity index (χ2n) is 8.38. The van der Waals surface area contributed by atoms with Crippen molar-refractivity contribution in [3.05, 3.63) is 12.2 Å². The Morgan fingerprint density at radius 3 is 2.19 bits per heavy atom. The van der Waals surface area contributed by atoms with Crippen LogP contribution in [0.4, 0.5) is 0 Å². The van der Waals surface area contributed by atoms with Crippen molar-refractivity contribution >= 4 is 8.32 Å². The van der Waals surface area contributed by atoms with Crippen LogP contribution in [0.5, 0.6) is 0 Å². The zero-order valence-electron chi connectivity index (χ0n) is 18.1. The van der Waals surface area contributed by atoms with Crippen molar-refractivity contribution in [2.75, 3.05) is 13.2 Å². The van der Waals surface area contributed by atoms with Crippen molar-refractivity contribution in [1.82, 2.24) is 0 Å². The summed E-state index contributed by atoms with van der Waals surface area (Å²) < 4.78 is 11.7. The lowest BCUT2D eigenvalue weighted by Crippen LogP contribution is -2.43. The number of hydrogen-bond acceptors (Lipinski definition) is 3. The molecule has 1 N–H and O–H groups in total. The average Bonchev–Trinajstić information content (AvgIpc) is 2.55. The van der Waals surface area contributed by atoms with E-state index in [4.69, 9.17) is 14.3 Å². The van der Waals surface area contributed by atoms with Gasteiger partial charge in [0.1, 0.15) is 12.2 Å². The molecule has 0 rings (SSSR count). The summed E-state index contributed by atoms with van der Waals surface area (Å²) in [5.41, 5.74) is 0. The van der Waals surface area contributed by atoms with Crippen molar-refractivity contribution in [3.8, 4) is 12.0 Å². The number of ether oxygens (including phenoxy) is 1. The third kappa shape index (κ3) is 12.6. The molecule has 0 fully saturated rings. The molecule has 1 unspecified atom stereocenters. The number of aliphatic hydroxyl groups excluding tert-OH is 1. The molecule has 0 radical (unpaired) electrons. The lowest BCUT2D eigenvalue weighted by Gasteiger charge is -2.38. The number of hydrogen-bond donors (Lipinski definition) is 1. The van der Waals surface area contributed by atoms with E-state index in [0.29, 0.717) is 6.61 Å². The van der Waals surface area contributed by atoms with Gasteiger partial charge in [0.2, 0.25) is 0 Å². The van der Waals surface area contributed by atoms with E-state index in [-0.39, 0.29) is 17.7 Å². The third-order valence-corrected chi connectivity index (χ3v) is 9.45. The molecule has 0 spiro atoms. The molecule has 0 aliphatic carbocycles. The van der Waals surface area contributed by atoms with Gasteiger partial charge in [-0.1, -0.05) is 45.8 Å². The predicted molar refractivity (Wildman–Crippen MR) is 115 cm³/mol. The quantitative estimate of drug-likeness (QED) is 0.182. The first-order chi connectivity index (χ1) is 12.2. The van der Waals surface area contributed by atoms with Crippen molar-refractivity contribution < 1.29 is 14.3 Å². The second kappa shape index (κ2) is 14.3. The lowest BCUT2D eigenvalue weighted by molar-refractivity contribution is 0.216. The molecular weight excluding hydrogens is 340 g/mol. The molecule has 0 amide bonds. The van der Waals surface area contributed by atoms with Crippen LogP contribution in [0, 0.1) is 12.0 Å². The van der Waals surface area contributed by atoms with E-state index >= 15 is 0 Å². The summed E-state index contributed by atoms with van der Waals surface area (Å²) in [7, 11) is -1.81. The molecule has 0 aromatic rings. The highest BCUT2D eigenvalue weighted by Gasteiger charge is 2.38. The third-order valence-electron chi connectivity index (χ3n) is 4.96. The molecule has 0 aliphatic rings. The minimum absolute atomic E-state index is 0.0131. The van der Waals surface area contributed by atoms with Crippen LogP contribution in [0.15, 0.2) is 12.2 Å². The van der Waals surface area contributed by atoms with Gasteiger partial charge in [-0.25, -0.2) is 0 Å². The maximum Gasteiger partial charge on any atom is 0.193 e. The van der Waals surface area contributed by atoms with Crippen LogP contribution < -0.4 is 0 Å². The van der Waals surface area contributed by atoms with Crippen LogP contribution in [-0.4, -0.2) is 32.7 Å². The number of rotatable bonds is 13. The lowest BCUT2D eigenvalue weighted by atomic mass is 10.1. The molecule has 0 aromatic carbocycles. The summed E-state index contributed by atoms with van der Waals surface area (Å²) >= 11 is 0. The number of aliphatic hydroxyl groups is 1. The Balaban J connectivity index is 4.21. The fourth-order valence-corrected chi connectivity index (χ4v) is 3.50. The van der Waals surface area contributed by atoms with Gasteiger partial charge in [-0.05, 0) is 69.5 Å². The Labute approximate surface area is 163 Å². The van der Waals surface area contributed by atoms with Crippen LogP contribution >= 0.6 is 0 Å². The zero-order chi connectivity index (χ0) is 19.9. The van der Waals surface area contributed by atoms with Crippen LogP contribution in [0.25, 0.3) is 0 Å². The Hall–Kier alpha value is -0.763. The molecule has 26 heavy (non-hydrogen) atoms. The maximum atomic E-state index is 8.73. The van der Waals surface area contributed by atoms with Crippen LogP contribution in [0.2, 0.25) is 18.1 Å². The van der Waals surface area contributed by atoms with Gasteiger partial charge in [0.15, 0.2) is 8.32 Å². The first-order valence-electron chi connectivity index (χ1n) is 10.3. The second-order valence-corrected chi connectivity index (χ2v) is 13.1. The molecule has 0 saturated heterocycles. The van der Waals surface area contributed by atoms with Crippen LogP contribution in [0.1, 0.15) is 79.1 Å². The van der Waals surface area contributed by atoms with Gasteiger partial charge >= 0.3 is 0 Å². The standard InChI is InChI=1S/C22H42O3Si/c1-7-24-20-18-21(25-26(5,6)22(2,3)4)17-15-13-11-9-8-10-12-14-16-19-23/h10,12,21,23H,7-9,11,13-17,19H2,1-6H3/b12-10-. The smallest absolute Gasteiger partial charge is 0.193 e. The molecule has 0 bridgehead atoms. The molecule has 4 heteroatoms. The summed E-state index contributed by atoms with van der Waals surface area (Å²) in [6, 6.07) is 0. The van der Waals surface area contributed by atoms with Gasteiger partial charge in [-0.2, -0.15) is 0 Å². The van der Waals surface area contributed by atoms with Crippen LogP contribution in [0.3, 0.4) is 0 Å². The largest absolute Gasteiger partial charge is 0.447 e. The van der Waals surface area contributed by atoms with Crippen molar-refractivity contribution in [2.45, 2.75) is 103 Å². The van der Waals surface area contributed by atoms with Crippen LogP contribution in [-0.2, 0) is 9.16 Å². The molecule has 0 heterocycles. The Morgan fingerprint density at radius 1 is 1.00 bits per heavy atom. The Bertz CT molecular complexity index is 427. The predicted octanol–water partition coefficient (Wildman–Crippen LogP) is 6.04. The highest BCUT2D eigenvalue weighted by atomic mass is 28.4. The summed E-state index contributed by atoms with van der Waals surface area (Å²) in [5.74, 6) is 3.19. The summed E-state index contributed by atoms with van der Waals surface area (Å²) in [5, 5.41) is 8.93. The highest BCUT2D eigenvalue weighted by molar-refractivity contribution is 6.74. The average molecular weight is 383 g/mol. The minimum atomic E-state index is -1.81. The van der Waals surface area contributed by atoms with E-state index in [1.807, 2.05) is 6.92 Å². The van der Waals surface area contributed by atoms with E-state index in [9.17, 15) is 0 Å². The van der Waals surface area contributed by atoms with Gasteiger partial charge in [0.25, 0.3) is 0 Å². The minimum Gasteiger partial charge on any atom is -0.447 e. The molecule has 152 valence electrons. The molecule has 0 saturated carbocycles. The number of allylic oxidation sites excluding steroid dienone is 2. The van der Waals surface area contributed by atoms with E-state index < -0.39 is 8.32 Å². The first-order valence-corrected chi connectivity index (χ1v) is 13.2. The zero-order valence-corrected chi connectivity index (χ0v) is 19.1. The fourth-order valence-electron chi connectivity index (χ4n) is 2.26. The summed E-state index contributed by atoms with van der Waals surface area (Å²) in [4.78, 5) is 0. The van der Waals surface area contributed by atoms with Gasteiger partial charge in [-0.15, -0.1) is 0 Å². The Kier molecular flexibility index (Phi) is 13.9. The first kappa shape index (κ1) is 25.2. The fraction of sp³-hybridized carbons (Fsp3) is 0.818. The molecular formula is C22H42O3Si. The van der Waals surface area contributed by atoms with Gasteiger partial charge in [-0.3, -0.25) is 0 Å². The summed E-state index contributed by atoms with van der Waals surface area (Å²) in [6.45, 7) is 14.2. The maximum absolute atomic E-state index is 8.73. The molecule has 0 aromatic heterocycles. The molecule has 1 atom stereocenters. The van der Waals surface area contributed by atoms with E-state index in [0.717, 1.165) is 32.1 Å². The topological polar surface area (TPSA) is 38.7 Å². The summed E-state index contributed by atoms with van der Waals surface area (Å²) in [6.07, 6.45) is 16.1. The molecule has 0 aliphatic heterocycles. The van der Waals surface area contributed by atoms with Gasteiger partial charge in [0.05, 0.1) is 6.61 Å². The Morgan fingerprint density at radius 2 is 1.62 bits per heavy atom. The SMILES string of the molecule is CCOC#CC(CCCCCC/C=C\CCCO)O[Si](C)(C)C(C)(C)C. The molecule has 3 nitrogen and oxygen atoms in total. The van der Waals surface area contributed by atoms with E-state index in [2.05, 4.69) is 58.0 Å². The number of unbranched alkanes of at least 4 members (excludes halogenated alkanes) is 5. The van der Waals surface area contributed by atoms with Crippen molar-refractivity contribution in [2.24, 2.45) is 0 Å². The van der Waals surface area contributed by atoms with Gasteiger partial charge < -0.3 is 14.3 Å². The van der Waals surface area contributed by atoms with Crippen molar-refractivity contribution in [3.63, 3.8) is 0 Å². The monoisotopic (exact) mass is 382 g/mol. The van der Waals surface area contributed by atoms with Gasteiger partial charge in [0, 0.05) is 6.61 Å². The highest BCUT2D eigenvalue weighted by Crippen LogP contribution is 2.37. The van der Waals surface area contributed by atoms with E-state index in [1.54, 1.807) is 0 Å². The normalized spacial score (nSPS) is 13.5. The van der Waals surface area contributed by atoms with Crippen molar-refractivity contribution in [1.29, 1.82) is 0 Å².